The molecule has 0 N–H and O–H groups in total. The van der Waals surface area contributed by atoms with Crippen LogP contribution in [0.25, 0.3) is 50.0 Å². The molecular weight excluding hydrogens is 577 g/mol. The van der Waals surface area contributed by atoms with E-state index in [-0.39, 0.29) is 11.3 Å². The summed E-state index contributed by atoms with van der Waals surface area (Å²) < 4.78 is 0. The molecule has 0 nitrogen and oxygen atoms in total. The number of hydrogen-bond donors (Lipinski definition) is 0. The fourth-order valence-electron chi connectivity index (χ4n) is 10.8. The average molecular weight is 613 g/mol. The molecule has 11 rings (SSSR count). The maximum Gasteiger partial charge on any atom is 0.0178 e. The SMILES string of the molecule is C1=CC(C2(C3=Cc4cccc5cc6ccccc6c3c45)Cc3ccccc3C2C2CCCc3ccccc32)c2cccc3cccc1c23. The van der Waals surface area contributed by atoms with Gasteiger partial charge in [-0.15, -0.1) is 0 Å². The molecule has 7 aromatic rings. The molecule has 48 heavy (non-hydrogen) atoms. The summed E-state index contributed by atoms with van der Waals surface area (Å²) in [7, 11) is 0. The quantitative estimate of drug-likeness (QED) is 0.174. The third kappa shape index (κ3) is 3.50. The van der Waals surface area contributed by atoms with Crippen LogP contribution in [-0.2, 0) is 12.8 Å². The Balaban J connectivity index is 1.28. The summed E-state index contributed by atoms with van der Waals surface area (Å²) in [5.41, 5.74) is 13.3. The lowest BCUT2D eigenvalue weighted by Crippen LogP contribution is -2.38. The van der Waals surface area contributed by atoms with Gasteiger partial charge in [-0.2, -0.15) is 0 Å². The largest absolute Gasteiger partial charge is 0.0754 e. The van der Waals surface area contributed by atoms with E-state index < -0.39 is 0 Å². The maximum absolute atomic E-state index is 2.63. The summed E-state index contributed by atoms with van der Waals surface area (Å²) in [5, 5.41) is 8.29. The van der Waals surface area contributed by atoms with Crippen LogP contribution in [0.1, 0.15) is 75.1 Å². The van der Waals surface area contributed by atoms with E-state index in [9.17, 15) is 0 Å². The molecule has 4 aliphatic carbocycles. The zero-order chi connectivity index (χ0) is 31.4. The van der Waals surface area contributed by atoms with Crippen LogP contribution in [0.2, 0.25) is 0 Å². The van der Waals surface area contributed by atoms with Crippen LogP contribution >= 0.6 is 0 Å². The minimum absolute atomic E-state index is 0.187. The molecule has 0 aliphatic heterocycles. The molecule has 0 amide bonds. The van der Waals surface area contributed by atoms with Crippen LogP contribution < -0.4 is 0 Å². The fourth-order valence-corrected chi connectivity index (χ4v) is 10.8. The Bertz CT molecular complexity index is 2540. The van der Waals surface area contributed by atoms with Crippen molar-refractivity contribution in [2.24, 2.45) is 5.41 Å². The highest BCUT2D eigenvalue weighted by Gasteiger charge is 2.57. The highest BCUT2D eigenvalue weighted by atomic mass is 14.6. The first-order valence-electron chi connectivity index (χ1n) is 17.8. The highest BCUT2D eigenvalue weighted by molar-refractivity contribution is 6.19. The third-order valence-electron chi connectivity index (χ3n) is 12.6. The maximum atomic E-state index is 2.63. The van der Waals surface area contributed by atoms with E-state index in [0.29, 0.717) is 11.8 Å². The molecule has 228 valence electrons. The molecule has 0 bridgehead atoms. The molecule has 0 spiro atoms. The van der Waals surface area contributed by atoms with Gasteiger partial charge in [0.05, 0.1) is 0 Å². The Morgan fingerprint density at radius 1 is 0.562 bits per heavy atom. The summed E-state index contributed by atoms with van der Waals surface area (Å²) in [4.78, 5) is 0. The number of rotatable bonds is 3. The molecule has 4 atom stereocenters. The van der Waals surface area contributed by atoms with Gasteiger partial charge in [0.25, 0.3) is 0 Å². The van der Waals surface area contributed by atoms with Crippen molar-refractivity contribution < 1.29 is 0 Å². The molecule has 0 saturated heterocycles. The van der Waals surface area contributed by atoms with Gasteiger partial charge < -0.3 is 0 Å². The molecule has 0 heteroatoms. The first kappa shape index (κ1) is 26.8. The summed E-state index contributed by atoms with van der Waals surface area (Å²) in [6, 6.07) is 51.3. The van der Waals surface area contributed by atoms with E-state index in [1.54, 1.807) is 22.3 Å². The standard InChI is InChI=1S/C48H36/c1-4-20-37-30(11-1)14-9-23-40(37)47-39-22-6-3-13-36(39)29-48(47,42-26-25-32-16-7-15-31-17-10-24-41(42)44(31)32)43-28-35-19-8-18-34-27-33-12-2-5-21-38(33)46(43)45(34)35/h1-8,10-13,15-22,24-28,40,42,47H,9,14,23,29H2. The predicted octanol–water partition coefficient (Wildman–Crippen LogP) is 12.3. The van der Waals surface area contributed by atoms with Gasteiger partial charge in [0.15, 0.2) is 0 Å². The fraction of sp³-hybridized carbons (Fsp3) is 0.167. The molecule has 0 heterocycles. The van der Waals surface area contributed by atoms with Gasteiger partial charge >= 0.3 is 0 Å². The predicted molar refractivity (Wildman–Crippen MR) is 202 cm³/mol. The molecule has 0 radical (unpaired) electrons. The van der Waals surface area contributed by atoms with Gasteiger partial charge in [-0.05, 0) is 126 Å². The van der Waals surface area contributed by atoms with Crippen molar-refractivity contribution in [3.63, 3.8) is 0 Å². The van der Waals surface area contributed by atoms with Crippen molar-refractivity contribution in [1.82, 2.24) is 0 Å². The van der Waals surface area contributed by atoms with Crippen LogP contribution in [0.15, 0.2) is 140 Å². The molecule has 0 aromatic heterocycles. The first-order valence-corrected chi connectivity index (χ1v) is 17.8. The van der Waals surface area contributed by atoms with Gasteiger partial charge in [0, 0.05) is 17.3 Å². The summed E-state index contributed by atoms with van der Waals surface area (Å²) in [6.07, 6.45) is 12.4. The van der Waals surface area contributed by atoms with Crippen molar-refractivity contribution in [3.8, 4) is 0 Å². The molecule has 7 aromatic carbocycles. The smallest absolute Gasteiger partial charge is 0.0178 e. The van der Waals surface area contributed by atoms with Crippen LogP contribution in [0.4, 0.5) is 0 Å². The lowest BCUT2D eigenvalue weighted by atomic mass is 9.53. The van der Waals surface area contributed by atoms with Crippen molar-refractivity contribution >= 4 is 50.0 Å². The van der Waals surface area contributed by atoms with Gasteiger partial charge in [-0.3, -0.25) is 0 Å². The van der Waals surface area contributed by atoms with Crippen LogP contribution in [0, 0.1) is 5.41 Å². The second-order valence-electron chi connectivity index (χ2n) is 14.7. The number of benzene rings is 7. The summed E-state index contributed by atoms with van der Waals surface area (Å²) >= 11 is 0. The highest BCUT2D eigenvalue weighted by Crippen LogP contribution is 2.69. The van der Waals surface area contributed by atoms with E-state index in [0.717, 1.165) is 6.42 Å². The van der Waals surface area contributed by atoms with Crippen molar-refractivity contribution in [2.45, 2.75) is 43.4 Å². The Morgan fingerprint density at radius 3 is 2.19 bits per heavy atom. The zero-order valence-corrected chi connectivity index (χ0v) is 27.0. The molecule has 4 aliphatic rings. The van der Waals surface area contributed by atoms with E-state index in [2.05, 4.69) is 152 Å². The van der Waals surface area contributed by atoms with E-state index in [1.807, 2.05) is 0 Å². The van der Waals surface area contributed by atoms with Crippen LogP contribution in [0.3, 0.4) is 0 Å². The molecule has 4 unspecified atom stereocenters. The van der Waals surface area contributed by atoms with Gasteiger partial charge in [0.1, 0.15) is 0 Å². The Hall–Kier alpha value is -5.20. The first-order chi connectivity index (χ1) is 23.8. The minimum Gasteiger partial charge on any atom is -0.0754 e. The number of aryl methyl sites for hydroxylation is 1. The summed E-state index contributed by atoms with van der Waals surface area (Å²) in [5.74, 6) is 0.996. The van der Waals surface area contributed by atoms with Gasteiger partial charge in [-0.25, -0.2) is 0 Å². The zero-order valence-electron chi connectivity index (χ0n) is 27.0. The molecular formula is C48H36. The Kier molecular flexibility index (Phi) is 5.54. The normalized spacial score (nSPS) is 23.4. The van der Waals surface area contributed by atoms with Crippen molar-refractivity contribution in [3.05, 3.63) is 184 Å². The van der Waals surface area contributed by atoms with Crippen LogP contribution in [0.5, 0.6) is 0 Å². The van der Waals surface area contributed by atoms with Crippen molar-refractivity contribution in [1.29, 1.82) is 0 Å². The average Bonchev–Trinajstić information content (AvgIpc) is 3.70. The molecule has 0 fully saturated rings. The van der Waals surface area contributed by atoms with E-state index in [4.69, 9.17) is 0 Å². The second-order valence-corrected chi connectivity index (χ2v) is 14.7. The number of fused-ring (bicyclic) bond motifs is 4. The number of allylic oxidation sites excluding steroid dienone is 2. The second kappa shape index (κ2) is 9.91. The van der Waals surface area contributed by atoms with Crippen molar-refractivity contribution in [2.75, 3.05) is 0 Å². The monoisotopic (exact) mass is 612 g/mol. The van der Waals surface area contributed by atoms with Gasteiger partial charge in [-0.1, -0.05) is 140 Å². The van der Waals surface area contributed by atoms with Gasteiger partial charge in [0.2, 0.25) is 0 Å². The molecule has 0 saturated carbocycles. The minimum atomic E-state index is -0.187. The Labute approximate surface area is 282 Å². The van der Waals surface area contributed by atoms with E-state index >= 15 is 0 Å². The lowest BCUT2D eigenvalue weighted by Gasteiger charge is -2.49. The summed E-state index contributed by atoms with van der Waals surface area (Å²) in [6.45, 7) is 0. The van der Waals surface area contributed by atoms with E-state index in [1.165, 1.54) is 79.4 Å². The number of hydrogen-bond acceptors (Lipinski definition) is 0. The van der Waals surface area contributed by atoms with Crippen LogP contribution in [-0.4, -0.2) is 0 Å². The topological polar surface area (TPSA) is 0 Å². The lowest BCUT2D eigenvalue weighted by molar-refractivity contribution is 0.262. The third-order valence-corrected chi connectivity index (χ3v) is 12.6. The Morgan fingerprint density at radius 2 is 1.27 bits per heavy atom.